The lowest BCUT2D eigenvalue weighted by Gasteiger charge is -2.04. The number of rotatable bonds is 1. The van der Waals surface area contributed by atoms with Gasteiger partial charge in [0.05, 0.1) is 11.2 Å². The largest absolute Gasteiger partial charge is 0.384 e. The fourth-order valence-electron chi connectivity index (χ4n) is 1.87. The SMILES string of the molecule is Cc1cc(-c2ccc3c(N)nc(N)cc3n2)n[nH]1. The van der Waals surface area contributed by atoms with Gasteiger partial charge in [-0.1, -0.05) is 0 Å². The number of fused-ring (bicyclic) bond motifs is 1. The van der Waals surface area contributed by atoms with Gasteiger partial charge in [-0.05, 0) is 25.1 Å². The van der Waals surface area contributed by atoms with Crippen LogP contribution < -0.4 is 11.5 Å². The third-order valence-electron chi connectivity index (χ3n) is 2.70. The van der Waals surface area contributed by atoms with Gasteiger partial charge >= 0.3 is 0 Å². The maximum absolute atomic E-state index is 5.80. The number of aryl methyl sites for hydroxylation is 1. The number of hydrogen-bond acceptors (Lipinski definition) is 5. The zero-order valence-corrected chi connectivity index (χ0v) is 9.81. The Balaban J connectivity index is 2.22. The minimum absolute atomic E-state index is 0.364. The molecule has 3 aromatic rings. The molecule has 0 saturated heterocycles. The molecule has 6 heteroatoms. The summed E-state index contributed by atoms with van der Waals surface area (Å²) in [7, 11) is 0. The Hall–Kier alpha value is -2.63. The maximum atomic E-state index is 5.80. The minimum atomic E-state index is 0.364. The van der Waals surface area contributed by atoms with Crippen LogP contribution in [-0.2, 0) is 0 Å². The van der Waals surface area contributed by atoms with Crippen molar-refractivity contribution in [3.05, 3.63) is 30.0 Å². The normalized spacial score (nSPS) is 10.9. The highest BCUT2D eigenvalue weighted by atomic mass is 15.1. The van der Waals surface area contributed by atoms with Crippen molar-refractivity contribution >= 4 is 22.5 Å². The van der Waals surface area contributed by atoms with Gasteiger partial charge in [-0.15, -0.1) is 0 Å². The molecule has 0 bridgehead atoms. The van der Waals surface area contributed by atoms with Crippen molar-refractivity contribution in [1.82, 2.24) is 20.2 Å². The topological polar surface area (TPSA) is 106 Å². The third-order valence-corrected chi connectivity index (χ3v) is 2.70. The van der Waals surface area contributed by atoms with Crippen molar-refractivity contribution in [2.75, 3.05) is 11.5 Å². The Morgan fingerprint density at radius 2 is 1.89 bits per heavy atom. The number of aromatic nitrogens is 4. The number of pyridine rings is 2. The van der Waals surface area contributed by atoms with Gasteiger partial charge in [-0.3, -0.25) is 5.10 Å². The summed E-state index contributed by atoms with van der Waals surface area (Å²) < 4.78 is 0. The van der Waals surface area contributed by atoms with Crippen LogP contribution in [0.3, 0.4) is 0 Å². The van der Waals surface area contributed by atoms with Gasteiger partial charge in [0.1, 0.15) is 17.3 Å². The van der Waals surface area contributed by atoms with E-state index in [2.05, 4.69) is 20.2 Å². The lowest BCUT2D eigenvalue weighted by atomic mass is 10.2. The summed E-state index contributed by atoms with van der Waals surface area (Å²) in [6.07, 6.45) is 0. The summed E-state index contributed by atoms with van der Waals surface area (Å²) in [6, 6.07) is 7.38. The molecule has 0 radical (unpaired) electrons. The number of nitrogen functional groups attached to an aromatic ring is 2. The van der Waals surface area contributed by atoms with Gasteiger partial charge in [0.2, 0.25) is 0 Å². The molecule has 0 fully saturated rings. The molecule has 5 N–H and O–H groups in total. The van der Waals surface area contributed by atoms with Crippen LogP contribution in [0.5, 0.6) is 0 Å². The second-order valence-corrected chi connectivity index (χ2v) is 4.13. The molecule has 3 rings (SSSR count). The molecule has 0 atom stereocenters. The molecule has 0 spiro atoms. The second-order valence-electron chi connectivity index (χ2n) is 4.13. The standard InChI is InChI=1S/C12H12N6/c1-6-4-10(18-17-6)8-3-2-7-9(15-8)5-11(13)16-12(7)14/h2-5H,1H3,(H,17,18)(H4,13,14,16). The van der Waals surface area contributed by atoms with Crippen molar-refractivity contribution in [2.24, 2.45) is 0 Å². The molecular formula is C12H12N6. The van der Waals surface area contributed by atoms with E-state index in [4.69, 9.17) is 11.5 Å². The summed E-state index contributed by atoms with van der Waals surface area (Å²) in [6.45, 7) is 1.94. The molecule has 0 aliphatic heterocycles. The van der Waals surface area contributed by atoms with Gasteiger partial charge in [-0.25, -0.2) is 9.97 Å². The van der Waals surface area contributed by atoms with E-state index < -0.39 is 0 Å². The number of nitrogens with two attached hydrogens (primary N) is 2. The van der Waals surface area contributed by atoms with Crippen LogP contribution in [0.15, 0.2) is 24.3 Å². The average Bonchev–Trinajstić information content (AvgIpc) is 2.75. The first-order chi connectivity index (χ1) is 8.63. The van der Waals surface area contributed by atoms with Gasteiger partial charge in [0, 0.05) is 17.1 Å². The van der Waals surface area contributed by atoms with Gasteiger partial charge < -0.3 is 11.5 Å². The highest BCUT2D eigenvalue weighted by molar-refractivity contribution is 5.91. The Labute approximate surface area is 103 Å². The van der Waals surface area contributed by atoms with Gasteiger partial charge in [0.25, 0.3) is 0 Å². The van der Waals surface area contributed by atoms with Gasteiger partial charge in [-0.2, -0.15) is 5.10 Å². The van der Waals surface area contributed by atoms with Crippen molar-refractivity contribution in [3.8, 4) is 11.4 Å². The van der Waals surface area contributed by atoms with Crippen LogP contribution in [0.1, 0.15) is 5.69 Å². The summed E-state index contributed by atoms with van der Waals surface area (Å²) in [5.41, 5.74) is 14.7. The third kappa shape index (κ3) is 1.64. The van der Waals surface area contributed by atoms with E-state index in [9.17, 15) is 0 Å². The molecule has 3 heterocycles. The Morgan fingerprint density at radius 3 is 2.61 bits per heavy atom. The first-order valence-corrected chi connectivity index (χ1v) is 5.48. The molecule has 18 heavy (non-hydrogen) atoms. The molecule has 6 nitrogen and oxygen atoms in total. The molecule has 0 aliphatic rings. The Kier molecular flexibility index (Phi) is 2.16. The number of hydrogen-bond donors (Lipinski definition) is 3. The lowest BCUT2D eigenvalue weighted by molar-refractivity contribution is 1.05. The highest BCUT2D eigenvalue weighted by Gasteiger charge is 2.07. The molecular weight excluding hydrogens is 228 g/mol. The van der Waals surface area contributed by atoms with Crippen molar-refractivity contribution < 1.29 is 0 Å². The van der Waals surface area contributed by atoms with Crippen molar-refractivity contribution in [3.63, 3.8) is 0 Å². The zero-order valence-electron chi connectivity index (χ0n) is 9.81. The van der Waals surface area contributed by atoms with Crippen LogP contribution >= 0.6 is 0 Å². The fourth-order valence-corrected chi connectivity index (χ4v) is 1.87. The van der Waals surface area contributed by atoms with Crippen LogP contribution in [0.25, 0.3) is 22.3 Å². The number of anilines is 2. The van der Waals surface area contributed by atoms with Crippen LogP contribution in [-0.4, -0.2) is 20.2 Å². The molecule has 0 saturated carbocycles. The predicted octanol–water partition coefficient (Wildman–Crippen LogP) is 1.49. The van der Waals surface area contributed by atoms with E-state index in [0.29, 0.717) is 11.6 Å². The Bertz CT molecular complexity index is 731. The smallest absolute Gasteiger partial charge is 0.135 e. The maximum Gasteiger partial charge on any atom is 0.135 e. The van der Waals surface area contributed by atoms with Gasteiger partial charge in [0.15, 0.2) is 0 Å². The number of H-pyrrole nitrogens is 1. The van der Waals surface area contributed by atoms with E-state index in [1.165, 1.54) is 0 Å². The van der Waals surface area contributed by atoms with E-state index in [1.54, 1.807) is 6.07 Å². The zero-order chi connectivity index (χ0) is 12.7. The average molecular weight is 240 g/mol. The monoisotopic (exact) mass is 240 g/mol. The number of nitrogens with one attached hydrogen (secondary N) is 1. The van der Waals surface area contributed by atoms with Crippen LogP contribution in [0, 0.1) is 6.92 Å². The molecule has 0 unspecified atom stereocenters. The second kappa shape index (κ2) is 3.69. The fraction of sp³-hybridized carbons (Fsp3) is 0.0833. The lowest BCUT2D eigenvalue weighted by Crippen LogP contribution is -1.98. The number of aromatic amines is 1. The van der Waals surface area contributed by atoms with E-state index in [-0.39, 0.29) is 0 Å². The van der Waals surface area contributed by atoms with Crippen molar-refractivity contribution in [2.45, 2.75) is 6.92 Å². The van der Waals surface area contributed by atoms with E-state index in [0.717, 1.165) is 28.0 Å². The quantitative estimate of drug-likeness (QED) is 0.597. The summed E-state index contributed by atoms with van der Waals surface area (Å²) in [4.78, 5) is 8.50. The highest BCUT2D eigenvalue weighted by Crippen LogP contribution is 2.23. The van der Waals surface area contributed by atoms with E-state index >= 15 is 0 Å². The summed E-state index contributed by atoms with van der Waals surface area (Å²) in [5, 5.41) is 7.85. The minimum Gasteiger partial charge on any atom is -0.384 e. The predicted molar refractivity (Wildman–Crippen MR) is 70.7 cm³/mol. The Morgan fingerprint density at radius 1 is 1.06 bits per heavy atom. The van der Waals surface area contributed by atoms with Crippen LogP contribution in [0.2, 0.25) is 0 Å². The first-order valence-electron chi connectivity index (χ1n) is 5.48. The molecule has 0 aliphatic carbocycles. The number of nitrogens with zero attached hydrogens (tertiary/aromatic N) is 3. The molecule has 0 aromatic carbocycles. The summed E-state index contributed by atoms with van der Waals surface area (Å²) >= 11 is 0. The van der Waals surface area contributed by atoms with Crippen molar-refractivity contribution in [1.29, 1.82) is 0 Å². The molecule has 3 aromatic heterocycles. The first kappa shape index (κ1) is 10.5. The summed E-state index contributed by atoms with van der Waals surface area (Å²) in [5.74, 6) is 0.755. The molecule has 0 amide bonds. The van der Waals surface area contributed by atoms with E-state index in [1.807, 2.05) is 25.1 Å². The van der Waals surface area contributed by atoms with Crippen LogP contribution in [0.4, 0.5) is 11.6 Å². The molecule has 90 valence electrons.